The number of amides is 1. The minimum absolute atomic E-state index is 0.0434. The second-order valence-corrected chi connectivity index (χ2v) is 13.0. The normalized spacial score (nSPS) is 11.6. The molecular formula is C34H30Cl2N4O3S. The van der Waals surface area contributed by atoms with E-state index in [4.69, 9.17) is 23.2 Å². The lowest BCUT2D eigenvalue weighted by atomic mass is 10.1. The molecule has 0 radical (unpaired) electrons. The zero-order valence-electron chi connectivity index (χ0n) is 24.3. The van der Waals surface area contributed by atoms with E-state index in [0.717, 1.165) is 28.2 Å². The van der Waals surface area contributed by atoms with Crippen LogP contribution in [0.4, 0.5) is 5.69 Å². The molecule has 0 aliphatic carbocycles. The summed E-state index contributed by atoms with van der Waals surface area (Å²) in [6.07, 6.45) is 1.61. The van der Waals surface area contributed by atoms with E-state index in [1.54, 1.807) is 79.0 Å². The van der Waals surface area contributed by atoms with Crippen molar-refractivity contribution >= 4 is 51.0 Å². The predicted octanol–water partition coefficient (Wildman–Crippen LogP) is 7.87. The van der Waals surface area contributed by atoms with Crippen LogP contribution in [-0.2, 0) is 16.6 Å². The van der Waals surface area contributed by atoms with Gasteiger partial charge in [0.1, 0.15) is 0 Å². The van der Waals surface area contributed by atoms with Crippen LogP contribution in [0.2, 0.25) is 10.0 Å². The fourth-order valence-corrected chi connectivity index (χ4v) is 6.75. The van der Waals surface area contributed by atoms with Gasteiger partial charge in [-0.15, -0.1) is 0 Å². The van der Waals surface area contributed by atoms with Gasteiger partial charge in [0.05, 0.1) is 23.3 Å². The summed E-state index contributed by atoms with van der Waals surface area (Å²) in [5, 5.41) is 5.27. The van der Waals surface area contributed by atoms with Crippen molar-refractivity contribution in [1.29, 1.82) is 0 Å². The minimum atomic E-state index is -3.91. The zero-order chi connectivity index (χ0) is 31.4. The molecular weight excluding hydrogens is 615 g/mol. The summed E-state index contributed by atoms with van der Waals surface area (Å²) in [5.41, 5.74) is 8.73. The lowest BCUT2D eigenvalue weighted by molar-refractivity contribution is 0.0955. The van der Waals surface area contributed by atoms with Gasteiger partial charge in [0, 0.05) is 38.2 Å². The van der Waals surface area contributed by atoms with Gasteiger partial charge in [-0.25, -0.2) is 13.8 Å². The molecule has 224 valence electrons. The Morgan fingerprint density at radius 1 is 0.864 bits per heavy atom. The molecule has 1 N–H and O–H groups in total. The van der Waals surface area contributed by atoms with Crippen LogP contribution in [0, 0.1) is 20.8 Å². The Labute approximate surface area is 267 Å². The Balaban J connectivity index is 1.32. The molecule has 1 aromatic heterocycles. The first kappa shape index (κ1) is 31.1. The summed E-state index contributed by atoms with van der Waals surface area (Å²) >= 11 is 12.3. The van der Waals surface area contributed by atoms with Gasteiger partial charge in [-0.1, -0.05) is 59.6 Å². The van der Waals surface area contributed by atoms with Crippen molar-refractivity contribution in [2.24, 2.45) is 5.10 Å². The number of sulfonamides is 1. The zero-order valence-corrected chi connectivity index (χ0v) is 26.7. The van der Waals surface area contributed by atoms with Crippen LogP contribution in [-0.4, -0.2) is 25.1 Å². The molecule has 0 aliphatic rings. The molecule has 10 heteroatoms. The van der Waals surface area contributed by atoms with Crippen molar-refractivity contribution in [3.63, 3.8) is 0 Å². The molecule has 7 nitrogen and oxygen atoms in total. The fourth-order valence-electron chi connectivity index (χ4n) is 4.93. The Morgan fingerprint density at radius 2 is 1.52 bits per heavy atom. The van der Waals surface area contributed by atoms with E-state index < -0.39 is 15.9 Å². The number of anilines is 1. The highest BCUT2D eigenvalue weighted by Gasteiger charge is 2.26. The number of nitrogens with zero attached hydrogens (tertiary/aromatic N) is 3. The topological polar surface area (TPSA) is 83.8 Å². The van der Waals surface area contributed by atoms with E-state index in [1.807, 2.05) is 51.1 Å². The van der Waals surface area contributed by atoms with Gasteiger partial charge in [0.2, 0.25) is 0 Å². The van der Waals surface area contributed by atoms with Gasteiger partial charge in [0.15, 0.2) is 0 Å². The van der Waals surface area contributed by atoms with Crippen LogP contribution in [0.3, 0.4) is 0 Å². The number of hydrogen-bond donors (Lipinski definition) is 1. The molecule has 4 aromatic carbocycles. The van der Waals surface area contributed by atoms with Crippen molar-refractivity contribution in [2.75, 3.05) is 4.31 Å². The number of hydrogen-bond acceptors (Lipinski definition) is 4. The number of nitrogens with one attached hydrogen (secondary N) is 1. The smallest absolute Gasteiger partial charge is 0.271 e. The molecule has 0 unspecified atom stereocenters. The second kappa shape index (κ2) is 13.1. The Bertz CT molecular complexity index is 1940. The van der Waals surface area contributed by atoms with Crippen molar-refractivity contribution in [2.45, 2.75) is 32.2 Å². The maximum Gasteiger partial charge on any atom is 0.271 e. The molecule has 0 bridgehead atoms. The number of aromatic nitrogens is 1. The van der Waals surface area contributed by atoms with Crippen LogP contribution in [0.25, 0.3) is 5.69 Å². The Morgan fingerprint density at radius 3 is 2.20 bits per heavy atom. The van der Waals surface area contributed by atoms with Gasteiger partial charge in [-0.3, -0.25) is 9.10 Å². The lowest BCUT2D eigenvalue weighted by Crippen LogP contribution is -2.31. The highest BCUT2D eigenvalue weighted by atomic mass is 35.5. The highest BCUT2D eigenvalue weighted by molar-refractivity contribution is 7.92. The summed E-state index contributed by atoms with van der Waals surface area (Å²) in [5.74, 6) is -0.390. The molecule has 0 saturated heterocycles. The van der Waals surface area contributed by atoms with Crippen molar-refractivity contribution < 1.29 is 13.2 Å². The van der Waals surface area contributed by atoms with Gasteiger partial charge >= 0.3 is 0 Å². The van der Waals surface area contributed by atoms with Crippen molar-refractivity contribution in [1.82, 2.24) is 9.99 Å². The third kappa shape index (κ3) is 6.73. The van der Waals surface area contributed by atoms with E-state index >= 15 is 0 Å². The standard InChI is InChI=1S/C34H30Cl2N4O3S/c1-23-9-14-30(36)20-33(23)39(44(42,43)32-7-5-4-6-8-32)22-26-10-12-27(13-11-26)34(41)38-37-21-28-19-24(2)40(25(28)3)31-17-15-29(35)16-18-31/h4-21H,22H2,1-3H3,(H,38,41)/b37-21-. The van der Waals surface area contributed by atoms with Gasteiger partial charge < -0.3 is 4.57 Å². The third-order valence-electron chi connectivity index (χ3n) is 7.24. The second-order valence-electron chi connectivity index (χ2n) is 10.3. The SMILES string of the molecule is Cc1ccc(Cl)cc1N(Cc1ccc(C(=O)N/N=C\c2cc(C)n(-c3ccc(Cl)cc3)c2C)cc1)S(=O)(=O)c1ccccc1. The van der Waals surface area contributed by atoms with Crippen LogP contribution >= 0.6 is 23.2 Å². The van der Waals surface area contributed by atoms with Crippen LogP contribution in [0.1, 0.15) is 38.4 Å². The first-order valence-corrected chi connectivity index (χ1v) is 16.0. The summed E-state index contributed by atoms with van der Waals surface area (Å²) in [6, 6.07) is 29.7. The predicted molar refractivity (Wildman–Crippen MR) is 178 cm³/mol. The molecule has 0 spiro atoms. The largest absolute Gasteiger partial charge is 0.318 e. The summed E-state index contributed by atoms with van der Waals surface area (Å²) in [4.78, 5) is 13.0. The number of aryl methyl sites for hydroxylation is 2. The van der Waals surface area contributed by atoms with E-state index in [1.165, 1.54) is 4.31 Å². The number of carbonyl (C=O) groups is 1. The summed E-state index contributed by atoms with van der Waals surface area (Å²) in [7, 11) is -3.91. The van der Waals surface area contributed by atoms with Crippen LogP contribution in [0.15, 0.2) is 113 Å². The monoisotopic (exact) mass is 644 g/mol. The van der Waals surface area contributed by atoms with Crippen molar-refractivity contribution in [3.8, 4) is 5.69 Å². The summed E-state index contributed by atoms with van der Waals surface area (Å²) < 4.78 is 30.9. The molecule has 44 heavy (non-hydrogen) atoms. The minimum Gasteiger partial charge on any atom is -0.318 e. The molecule has 0 saturated carbocycles. The van der Waals surface area contributed by atoms with E-state index in [9.17, 15) is 13.2 Å². The molecule has 0 atom stereocenters. The van der Waals surface area contributed by atoms with Crippen LogP contribution < -0.4 is 9.73 Å². The number of hydrazone groups is 1. The van der Waals surface area contributed by atoms with Gasteiger partial charge in [0.25, 0.3) is 15.9 Å². The van der Waals surface area contributed by atoms with E-state index in [2.05, 4.69) is 15.1 Å². The molecule has 1 heterocycles. The molecule has 5 rings (SSSR count). The first-order valence-electron chi connectivity index (χ1n) is 13.8. The van der Waals surface area contributed by atoms with Gasteiger partial charge in [-0.05, 0) is 98.6 Å². The Kier molecular flexibility index (Phi) is 9.25. The average Bonchev–Trinajstić information content (AvgIpc) is 3.30. The maximum atomic E-state index is 13.7. The summed E-state index contributed by atoms with van der Waals surface area (Å²) in [6.45, 7) is 5.86. The average molecular weight is 646 g/mol. The number of halogens is 2. The molecule has 0 aliphatic heterocycles. The molecule has 1 amide bonds. The van der Waals surface area contributed by atoms with Crippen LogP contribution in [0.5, 0.6) is 0 Å². The van der Waals surface area contributed by atoms with E-state index in [-0.39, 0.29) is 11.4 Å². The lowest BCUT2D eigenvalue weighted by Gasteiger charge is -2.26. The number of rotatable bonds is 9. The fraction of sp³-hybridized carbons (Fsp3) is 0.118. The third-order valence-corrected chi connectivity index (χ3v) is 9.50. The molecule has 5 aromatic rings. The number of carbonyl (C=O) groups excluding carboxylic acids is 1. The number of benzene rings is 4. The maximum absolute atomic E-state index is 13.7. The van der Waals surface area contributed by atoms with Gasteiger partial charge in [-0.2, -0.15) is 5.10 Å². The van der Waals surface area contributed by atoms with Crippen molar-refractivity contribution in [3.05, 3.63) is 147 Å². The molecule has 0 fully saturated rings. The van der Waals surface area contributed by atoms with E-state index in [0.29, 0.717) is 26.9 Å². The highest BCUT2D eigenvalue weighted by Crippen LogP contribution is 2.31. The Hall–Kier alpha value is -4.37. The first-order chi connectivity index (χ1) is 21.0. The quantitative estimate of drug-likeness (QED) is 0.131.